The van der Waals surface area contributed by atoms with Gasteiger partial charge in [0.2, 0.25) is 0 Å². The van der Waals surface area contributed by atoms with Crippen molar-refractivity contribution in [2.24, 2.45) is 11.5 Å². The Kier molecular flexibility index (Phi) is 11.3. The summed E-state index contributed by atoms with van der Waals surface area (Å²) in [4.78, 5) is 17.9. The van der Waals surface area contributed by atoms with E-state index >= 15 is 0 Å². The molecule has 0 saturated heterocycles. The van der Waals surface area contributed by atoms with Crippen molar-refractivity contribution in [1.82, 2.24) is 9.38 Å². The van der Waals surface area contributed by atoms with Crippen LogP contribution in [0.4, 0.5) is 0 Å². The SMILES string of the molecule is Br.Br.Br.NCCCC[C@H](N)C(=O)Oc1cccc(-c2cn3c(n2)sc2ccccc23)c1. The summed E-state index contributed by atoms with van der Waals surface area (Å²) in [5, 5.41) is 0. The summed E-state index contributed by atoms with van der Waals surface area (Å²) in [6.07, 6.45) is 4.24. The molecule has 0 unspecified atom stereocenters. The molecule has 0 fully saturated rings. The van der Waals surface area contributed by atoms with Crippen LogP contribution in [-0.4, -0.2) is 27.9 Å². The third-order valence-electron chi connectivity index (χ3n) is 4.62. The van der Waals surface area contributed by atoms with Crippen LogP contribution < -0.4 is 16.2 Å². The number of imidazole rings is 1. The third-order valence-corrected chi connectivity index (χ3v) is 5.66. The molecule has 10 heteroatoms. The minimum atomic E-state index is -0.639. The van der Waals surface area contributed by atoms with E-state index in [-0.39, 0.29) is 50.9 Å². The third kappa shape index (κ3) is 6.36. The Morgan fingerprint density at radius 2 is 1.87 bits per heavy atom. The Morgan fingerprint density at radius 3 is 2.65 bits per heavy atom. The van der Waals surface area contributed by atoms with Gasteiger partial charge in [0.25, 0.3) is 0 Å². The first-order valence-corrected chi connectivity index (χ1v) is 10.1. The lowest BCUT2D eigenvalue weighted by Gasteiger charge is -2.11. The molecule has 0 aliphatic carbocycles. The van der Waals surface area contributed by atoms with Crippen LogP contribution in [0, 0.1) is 0 Å². The number of nitrogens with two attached hydrogens (primary N) is 2. The molecule has 0 bridgehead atoms. The van der Waals surface area contributed by atoms with Gasteiger partial charge in [0.1, 0.15) is 11.8 Å². The first-order valence-electron chi connectivity index (χ1n) is 9.30. The number of halogens is 3. The van der Waals surface area contributed by atoms with Gasteiger partial charge in [0.05, 0.1) is 15.9 Å². The lowest BCUT2D eigenvalue weighted by Crippen LogP contribution is -2.34. The number of esters is 1. The minimum absolute atomic E-state index is 0. The van der Waals surface area contributed by atoms with E-state index in [2.05, 4.69) is 16.5 Å². The van der Waals surface area contributed by atoms with Crippen LogP contribution in [0.25, 0.3) is 26.4 Å². The zero-order valence-electron chi connectivity index (χ0n) is 16.6. The van der Waals surface area contributed by atoms with E-state index in [4.69, 9.17) is 21.2 Å². The molecule has 0 saturated carbocycles. The molecule has 0 spiro atoms. The number of hydrogen-bond acceptors (Lipinski definition) is 6. The largest absolute Gasteiger partial charge is 0.425 e. The molecule has 168 valence electrons. The fourth-order valence-electron chi connectivity index (χ4n) is 3.12. The van der Waals surface area contributed by atoms with Crippen LogP contribution in [0.3, 0.4) is 0 Å². The number of rotatable bonds is 7. The van der Waals surface area contributed by atoms with Gasteiger partial charge in [-0.3, -0.25) is 4.40 Å². The average Bonchev–Trinajstić information content (AvgIpc) is 3.26. The summed E-state index contributed by atoms with van der Waals surface area (Å²) in [6, 6.07) is 14.9. The quantitative estimate of drug-likeness (QED) is 0.163. The Morgan fingerprint density at radius 1 is 1.10 bits per heavy atom. The molecule has 31 heavy (non-hydrogen) atoms. The van der Waals surface area contributed by atoms with Gasteiger partial charge in [-0.25, -0.2) is 9.78 Å². The molecule has 4 aromatic rings. The average molecular weight is 637 g/mol. The fraction of sp³-hybridized carbons (Fsp3) is 0.238. The van der Waals surface area contributed by atoms with Gasteiger partial charge in [-0.1, -0.05) is 42.0 Å². The van der Waals surface area contributed by atoms with Crippen molar-refractivity contribution < 1.29 is 9.53 Å². The molecule has 1 atom stereocenters. The Labute approximate surface area is 216 Å². The van der Waals surface area contributed by atoms with E-state index in [1.54, 1.807) is 17.4 Å². The van der Waals surface area contributed by atoms with Gasteiger partial charge in [-0.05, 0) is 43.7 Å². The van der Waals surface area contributed by atoms with Crippen molar-refractivity contribution in [2.45, 2.75) is 25.3 Å². The van der Waals surface area contributed by atoms with Gasteiger partial charge in [-0.15, -0.1) is 50.9 Å². The van der Waals surface area contributed by atoms with Gasteiger partial charge in [-0.2, -0.15) is 0 Å². The number of unbranched alkanes of at least 4 members (excludes halogenated alkanes) is 1. The second kappa shape index (κ2) is 12.7. The van der Waals surface area contributed by atoms with Crippen LogP contribution in [0.2, 0.25) is 0 Å². The van der Waals surface area contributed by atoms with Gasteiger partial charge in [0, 0.05) is 11.8 Å². The molecule has 0 aliphatic rings. The maximum absolute atomic E-state index is 12.2. The van der Waals surface area contributed by atoms with E-state index < -0.39 is 12.0 Å². The lowest BCUT2D eigenvalue weighted by molar-refractivity contribution is -0.136. The van der Waals surface area contributed by atoms with Crippen LogP contribution in [0.15, 0.2) is 54.7 Å². The summed E-state index contributed by atoms with van der Waals surface area (Å²) >= 11 is 1.65. The number of aromatic nitrogens is 2. The van der Waals surface area contributed by atoms with E-state index in [1.807, 2.05) is 36.5 Å². The number of fused-ring (bicyclic) bond motifs is 3. The van der Waals surface area contributed by atoms with Crippen LogP contribution in [0.5, 0.6) is 5.75 Å². The van der Waals surface area contributed by atoms with Crippen molar-refractivity contribution in [1.29, 1.82) is 0 Å². The Balaban J connectivity index is 0.00000160. The highest BCUT2D eigenvalue weighted by Crippen LogP contribution is 2.30. The number of ether oxygens (including phenoxy) is 1. The van der Waals surface area contributed by atoms with E-state index in [0.717, 1.165) is 34.6 Å². The number of thiazole rings is 1. The first kappa shape index (κ1) is 27.7. The maximum atomic E-state index is 12.2. The van der Waals surface area contributed by atoms with Crippen LogP contribution in [0.1, 0.15) is 19.3 Å². The van der Waals surface area contributed by atoms with Gasteiger partial charge in [0.15, 0.2) is 4.96 Å². The van der Waals surface area contributed by atoms with Gasteiger partial charge >= 0.3 is 5.97 Å². The van der Waals surface area contributed by atoms with E-state index in [9.17, 15) is 4.79 Å². The Bertz CT molecular complexity index is 1130. The number of hydrogen-bond donors (Lipinski definition) is 2. The minimum Gasteiger partial charge on any atom is -0.425 e. The molecule has 2 aromatic heterocycles. The number of carbonyl (C=O) groups is 1. The zero-order chi connectivity index (χ0) is 19.5. The molecule has 0 radical (unpaired) electrons. The second-order valence-corrected chi connectivity index (χ2v) is 7.70. The van der Waals surface area contributed by atoms with Crippen molar-refractivity contribution in [3.8, 4) is 17.0 Å². The fourth-order valence-corrected chi connectivity index (χ4v) is 4.13. The smallest absolute Gasteiger partial charge is 0.328 e. The highest BCUT2D eigenvalue weighted by molar-refractivity contribution is 8.93. The first-order chi connectivity index (χ1) is 13.7. The molecule has 4 N–H and O–H groups in total. The standard InChI is InChI=1S/C21H22N4O2S.3BrH/c22-11-4-3-8-16(23)20(26)27-15-7-5-6-14(12-15)17-13-25-18-9-1-2-10-19(18)28-21(25)24-17;;;/h1-2,5-7,9-10,12-13,16H,3-4,8,11,22-23H2;3*1H/t16-;;;/m0.../s1. The Hall–Kier alpha value is -1.30. The molecule has 2 heterocycles. The molecule has 4 rings (SSSR count). The van der Waals surface area contributed by atoms with Gasteiger partial charge < -0.3 is 16.2 Å². The van der Waals surface area contributed by atoms with Crippen molar-refractivity contribution >= 4 is 83.4 Å². The summed E-state index contributed by atoms with van der Waals surface area (Å²) in [5.41, 5.74) is 14.2. The number of para-hydroxylation sites is 1. The second-order valence-electron chi connectivity index (χ2n) is 6.69. The van der Waals surface area contributed by atoms with Crippen LogP contribution in [-0.2, 0) is 4.79 Å². The van der Waals surface area contributed by atoms with Crippen molar-refractivity contribution in [3.63, 3.8) is 0 Å². The van der Waals surface area contributed by atoms with E-state index in [1.165, 1.54) is 4.70 Å². The molecule has 0 amide bonds. The summed E-state index contributed by atoms with van der Waals surface area (Å²) in [6.45, 7) is 0.598. The number of benzene rings is 2. The topological polar surface area (TPSA) is 95.6 Å². The highest BCUT2D eigenvalue weighted by atomic mass is 79.9. The molecule has 0 aliphatic heterocycles. The van der Waals surface area contributed by atoms with Crippen molar-refractivity contribution in [2.75, 3.05) is 6.54 Å². The molecular formula is C21H25Br3N4O2S. The van der Waals surface area contributed by atoms with Crippen molar-refractivity contribution in [3.05, 3.63) is 54.7 Å². The lowest BCUT2D eigenvalue weighted by atomic mass is 10.1. The zero-order valence-corrected chi connectivity index (χ0v) is 22.6. The maximum Gasteiger partial charge on any atom is 0.328 e. The summed E-state index contributed by atoms with van der Waals surface area (Å²) < 4.78 is 8.75. The molecular weight excluding hydrogens is 612 g/mol. The predicted octanol–water partition coefficient (Wildman–Crippen LogP) is 5.31. The molecule has 2 aromatic carbocycles. The number of carbonyl (C=O) groups excluding carboxylic acids is 1. The monoisotopic (exact) mass is 634 g/mol. The number of nitrogens with zero attached hydrogens (tertiary/aromatic N) is 2. The molecule has 6 nitrogen and oxygen atoms in total. The normalized spacial score (nSPS) is 11.3. The highest BCUT2D eigenvalue weighted by Gasteiger charge is 2.16. The summed E-state index contributed by atoms with van der Waals surface area (Å²) in [7, 11) is 0. The van der Waals surface area contributed by atoms with E-state index in [0.29, 0.717) is 18.7 Å². The van der Waals surface area contributed by atoms with Crippen LogP contribution >= 0.6 is 62.3 Å². The summed E-state index contributed by atoms with van der Waals surface area (Å²) in [5.74, 6) is 0.0453. The predicted molar refractivity (Wildman–Crippen MR) is 143 cm³/mol.